The smallest absolute Gasteiger partial charge is 0.220 e. The van der Waals surface area contributed by atoms with Crippen molar-refractivity contribution in [3.8, 4) is 0 Å². The fraction of sp³-hybridized carbons (Fsp3) is 0.579. The number of rotatable bonds is 8. The largest absolute Gasteiger partial charge is 0.369 e. The lowest BCUT2D eigenvalue weighted by atomic mass is 9.94. The van der Waals surface area contributed by atoms with Crippen molar-refractivity contribution in [3.63, 3.8) is 0 Å². The van der Waals surface area contributed by atoms with E-state index in [1.54, 1.807) is 0 Å². The molecule has 2 heterocycles. The second kappa shape index (κ2) is 8.89. The number of likely N-dealkylation sites (tertiary alicyclic amines) is 1. The third kappa shape index (κ3) is 4.46. The minimum Gasteiger partial charge on any atom is -0.369 e. The first kappa shape index (κ1) is 18.5. The highest BCUT2D eigenvalue weighted by Crippen LogP contribution is 2.29. The molecule has 0 spiro atoms. The predicted molar refractivity (Wildman–Crippen MR) is 99.1 cm³/mol. The normalized spacial score (nSPS) is 17.3. The van der Waals surface area contributed by atoms with E-state index >= 15 is 0 Å². The molecule has 26 heavy (non-hydrogen) atoms. The first-order chi connectivity index (χ1) is 12.7. The van der Waals surface area contributed by atoms with Crippen LogP contribution in [0, 0.1) is 5.92 Å². The topological polar surface area (TPSA) is 89.9 Å². The van der Waals surface area contributed by atoms with Crippen LogP contribution in [-0.4, -0.2) is 44.1 Å². The molecule has 0 saturated carbocycles. The molecular weight excluding hydrogens is 328 g/mol. The third-order valence-electron chi connectivity index (χ3n) is 5.25. The van der Waals surface area contributed by atoms with Crippen LogP contribution in [0.15, 0.2) is 30.3 Å². The summed E-state index contributed by atoms with van der Waals surface area (Å²) in [5, 5.41) is 12.5. The van der Waals surface area contributed by atoms with Crippen LogP contribution in [0.2, 0.25) is 0 Å². The van der Waals surface area contributed by atoms with Gasteiger partial charge in [0.25, 0.3) is 0 Å². The van der Waals surface area contributed by atoms with E-state index < -0.39 is 0 Å². The maximum Gasteiger partial charge on any atom is 0.220 e. The number of piperidine rings is 1. The molecule has 1 atom stereocenters. The Hall–Kier alpha value is -2.28. The maximum atomic E-state index is 11.4. The lowest BCUT2D eigenvalue weighted by Gasteiger charge is -2.36. The average Bonchev–Trinajstić information content (AvgIpc) is 3.13. The summed E-state index contributed by atoms with van der Waals surface area (Å²) >= 11 is 0. The van der Waals surface area contributed by atoms with Crippen LogP contribution in [0.4, 0.5) is 0 Å². The Bertz CT molecular complexity index is 693. The first-order valence-corrected chi connectivity index (χ1v) is 9.52. The number of aromatic nitrogens is 4. The molecule has 2 aromatic rings. The number of hydrogen-bond acceptors (Lipinski definition) is 5. The molecule has 7 heteroatoms. The zero-order valence-corrected chi connectivity index (χ0v) is 15.4. The van der Waals surface area contributed by atoms with E-state index in [-0.39, 0.29) is 17.9 Å². The zero-order valence-electron chi connectivity index (χ0n) is 15.4. The molecule has 7 nitrogen and oxygen atoms in total. The molecule has 1 saturated heterocycles. The fourth-order valence-electron chi connectivity index (χ4n) is 3.73. The molecule has 3 rings (SSSR count). The van der Waals surface area contributed by atoms with Crippen molar-refractivity contribution in [2.75, 3.05) is 13.1 Å². The Morgan fingerprint density at radius 1 is 1.27 bits per heavy atom. The number of carbonyl (C=O) groups is 1. The van der Waals surface area contributed by atoms with E-state index in [1.807, 2.05) is 10.7 Å². The van der Waals surface area contributed by atoms with Crippen molar-refractivity contribution in [2.45, 2.75) is 51.6 Å². The molecule has 0 aliphatic carbocycles. The van der Waals surface area contributed by atoms with Gasteiger partial charge in [-0.15, -0.1) is 5.10 Å². The number of benzene rings is 1. The van der Waals surface area contributed by atoms with Crippen LogP contribution in [0.5, 0.6) is 0 Å². The second-order valence-electron chi connectivity index (χ2n) is 7.01. The van der Waals surface area contributed by atoms with E-state index in [4.69, 9.17) is 5.73 Å². The number of primary amides is 1. The minimum atomic E-state index is -0.176. The van der Waals surface area contributed by atoms with E-state index in [9.17, 15) is 4.79 Å². The van der Waals surface area contributed by atoms with Crippen LogP contribution in [0.3, 0.4) is 0 Å². The van der Waals surface area contributed by atoms with Gasteiger partial charge in [-0.2, -0.15) is 0 Å². The van der Waals surface area contributed by atoms with Gasteiger partial charge in [-0.25, -0.2) is 4.68 Å². The summed E-state index contributed by atoms with van der Waals surface area (Å²) in [7, 11) is 0. The zero-order chi connectivity index (χ0) is 18.4. The summed E-state index contributed by atoms with van der Waals surface area (Å²) in [6.45, 7) is 4.68. The second-order valence-corrected chi connectivity index (χ2v) is 7.01. The molecule has 140 valence electrons. The van der Waals surface area contributed by atoms with Gasteiger partial charge in [0.2, 0.25) is 5.91 Å². The molecule has 0 radical (unpaired) electrons. The maximum absolute atomic E-state index is 11.4. The quantitative estimate of drug-likeness (QED) is 0.781. The van der Waals surface area contributed by atoms with Crippen LogP contribution in [0.25, 0.3) is 0 Å². The molecule has 1 aromatic carbocycles. The van der Waals surface area contributed by atoms with Gasteiger partial charge in [0.05, 0.1) is 6.04 Å². The molecule has 1 aliphatic rings. The number of nitrogens with two attached hydrogens (primary N) is 1. The highest BCUT2D eigenvalue weighted by Gasteiger charge is 2.30. The van der Waals surface area contributed by atoms with Crippen LogP contribution in [0.1, 0.15) is 50.0 Å². The third-order valence-corrected chi connectivity index (χ3v) is 5.25. The number of hydrogen-bond donors (Lipinski definition) is 1. The summed E-state index contributed by atoms with van der Waals surface area (Å²) in [4.78, 5) is 13.8. The van der Waals surface area contributed by atoms with Crippen molar-refractivity contribution in [2.24, 2.45) is 11.7 Å². The Kier molecular flexibility index (Phi) is 6.33. The van der Waals surface area contributed by atoms with Gasteiger partial charge in [0.1, 0.15) is 0 Å². The average molecular weight is 356 g/mol. The van der Waals surface area contributed by atoms with E-state index in [0.717, 1.165) is 57.6 Å². The molecular formula is C19H28N6O. The summed E-state index contributed by atoms with van der Waals surface area (Å²) in [5.41, 5.74) is 6.75. The number of nitrogens with zero attached hydrogens (tertiary/aromatic N) is 5. The number of tetrazole rings is 1. The Morgan fingerprint density at radius 2 is 2.00 bits per heavy atom. The first-order valence-electron chi connectivity index (χ1n) is 9.52. The van der Waals surface area contributed by atoms with Gasteiger partial charge in [-0.05, 0) is 54.8 Å². The van der Waals surface area contributed by atoms with Crippen molar-refractivity contribution < 1.29 is 4.79 Å². The highest BCUT2D eigenvalue weighted by molar-refractivity contribution is 5.76. The van der Waals surface area contributed by atoms with Crippen molar-refractivity contribution in [1.29, 1.82) is 0 Å². The summed E-state index contributed by atoms with van der Waals surface area (Å²) in [6, 6.07) is 10.6. The van der Waals surface area contributed by atoms with Crippen molar-refractivity contribution in [3.05, 3.63) is 41.7 Å². The molecule has 1 aromatic heterocycles. The Labute approximate surface area is 154 Å². The van der Waals surface area contributed by atoms with E-state index in [0.29, 0.717) is 0 Å². The number of aryl methyl sites for hydroxylation is 2. The molecule has 0 unspecified atom stereocenters. The van der Waals surface area contributed by atoms with Gasteiger partial charge in [-0.1, -0.05) is 43.7 Å². The highest BCUT2D eigenvalue weighted by atomic mass is 16.1. The van der Waals surface area contributed by atoms with Gasteiger partial charge in [0, 0.05) is 12.5 Å². The lowest BCUT2D eigenvalue weighted by Crippen LogP contribution is -2.41. The summed E-state index contributed by atoms with van der Waals surface area (Å²) < 4.78 is 1.94. The number of carbonyl (C=O) groups excluding carboxylic acids is 1. The predicted octanol–water partition coefficient (Wildman–Crippen LogP) is 1.95. The Morgan fingerprint density at radius 3 is 2.65 bits per heavy atom. The van der Waals surface area contributed by atoms with Crippen molar-refractivity contribution >= 4 is 5.91 Å². The van der Waals surface area contributed by atoms with Crippen LogP contribution < -0.4 is 5.73 Å². The monoisotopic (exact) mass is 356 g/mol. The van der Waals surface area contributed by atoms with Gasteiger partial charge >= 0.3 is 0 Å². The van der Waals surface area contributed by atoms with Crippen LogP contribution >= 0.6 is 0 Å². The SMILES string of the molecule is CCC[C@@H](c1nnnn1CCc1ccccc1)N1CCC(C(N)=O)CC1. The molecule has 2 N–H and O–H groups in total. The van der Waals surface area contributed by atoms with Gasteiger partial charge in [0.15, 0.2) is 5.82 Å². The molecule has 1 amide bonds. The summed E-state index contributed by atoms with van der Waals surface area (Å²) in [5.74, 6) is 0.757. The Balaban J connectivity index is 1.69. The lowest BCUT2D eigenvalue weighted by molar-refractivity contribution is -0.123. The molecule has 1 fully saturated rings. The van der Waals surface area contributed by atoms with Gasteiger partial charge in [-0.3, -0.25) is 9.69 Å². The molecule has 1 aliphatic heterocycles. The minimum absolute atomic E-state index is 0.00241. The summed E-state index contributed by atoms with van der Waals surface area (Å²) in [6.07, 6.45) is 4.61. The number of amides is 1. The van der Waals surface area contributed by atoms with E-state index in [2.05, 4.69) is 51.6 Å². The standard InChI is InChI=1S/C19H28N6O/c1-2-6-17(24-12-10-16(11-13-24)18(20)26)19-21-22-23-25(19)14-9-15-7-4-3-5-8-15/h3-5,7-8,16-17H,2,6,9-14H2,1H3,(H2,20,26)/t17-/m0/s1. The van der Waals surface area contributed by atoms with Gasteiger partial charge < -0.3 is 5.73 Å². The molecule has 0 bridgehead atoms. The van der Waals surface area contributed by atoms with E-state index in [1.165, 1.54) is 5.56 Å². The fourth-order valence-corrected chi connectivity index (χ4v) is 3.73. The van der Waals surface area contributed by atoms with Crippen LogP contribution in [-0.2, 0) is 17.8 Å². The van der Waals surface area contributed by atoms with Crippen molar-refractivity contribution in [1.82, 2.24) is 25.1 Å².